The molecule has 142 valence electrons. The summed E-state index contributed by atoms with van der Waals surface area (Å²) < 4.78 is 0. The van der Waals surface area contributed by atoms with Crippen LogP contribution in [0, 0.1) is 0 Å². The number of fused-ring (bicyclic) bond motifs is 1. The van der Waals surface area contributed by atoms with E-state index in [4.69, 9.17) is 11.6 Å². The van der Waals surface area contributed by atoms with Gasteiger partial charge in [0, 0.05) is 22.9 Å². The van der Waals surface area contributed by atoms with E-state index in [1.807, 2.05) is 0 Å². The lowest BCUT2D eigenvalue weighted by Gasteiger charge is -2.23. The zero-order chi connectivity index (χ0) is 19.4. The van der Waals surface area contributed by atoms with E-state index in [1.54, 1.807) is 24.3 Å². The molecule has 0 spiro atoms. The Morgan fingerprint density at radius 2 is 2.22 bits per heavy atom. The molecule has 7 nitrogen and oxygen atoms in total. The van der Waals surface area contributed by atoms with Crippen LogP contribution in [-0.2, 0) is 9.59 Å². The Balaban J connectivity index is 1.87. The number of halogens is 1. The number of rotatable bonds is 6. The van der Waals surface area contributed by atoms with Crippen LogP contribution in [0.1, 0.15) is 37.7 Å². The summed E-state index contributed by atoms with van der Waals surface area (Å²) in [5.41, 5.74) is 0.260. The summed E-state index contributed by atoms with van der Waals surface area (Å²) in [4.78, 5) is 44.4. The smallest absolute Gasteiger partial charge is 0.257 e. The van der Waals surface area contributed by atoms with Crippen LogP contribution in [0.3, 0.4) is 0 Å². The molecule has 2 heterocycles. The number of aromatic amines is 1. The minimum absolute atomic E-state index is 0.119. The molecule has 0 radical (unpaired) electrons. The molecule has 0 fully saturated rings. The Bertz CT molecular complexity index is 931. The maximum Gasteiger partial charge on any atom is 0.257 e. The van der Waals surface area contributed by atoms with Gasteiger partial charge in [0.1, 0.15) is 5.82 Å². The summed E-state index contributed by atoms with van der Waals surface area (Å²) in [5, 5.41) is 6.22. The third-order valence-electron chi connectivity index (χ3n) is 4.07. The van der Waals surface area contributed by atoms with Crippen molar-refractivity contribution < 1.29 is 9.59 Å². The van der Waals surface area contributed by atoms with Gasteiger partial charge in [0.25, 0.3) is 5.56 Å². The number of aromatic nitrogens is 2. The predicted octanol–water partition coefficient (Wildman–Crippen LogP) is 3.38. The number of hydrogen-bond acceptors (Lipinski definition) is 5. The van der Waals surface area contributed by atoms with Gasteiger partial charge in [-0.1, -0.05) is 42.8 Å². The molecule has 9 heteroatoms. The van der Waals surface area contributed by atoms with Crippen molar-refractivity contribution in [3.63, 3.8) is 0 Å². The van der Waals surface area contributed by atoms with Gasteiger partial charge < -0.3 is 15.6 Å². The normalized spacial score (nSPS) is 15.8. The highest BCUT2D eigenvalue weighted by Gasteiger charge is 2.34. The van der Waals surface area contributed by atoms with Crippen molar-refractivity contribution in [1.29, 1.82) is 0 Å². The van der Waals surface area contributed by atoms with E-state index in [1.165, 1.54) is 11.8 Å². The Morgan fingerprint density at radius 1 is 1.41 bits per heavy atom. The first-order valence-electron chi connectivity index (χ1n) is 8.61. The number of unbranched alkanes of at least 4 members (excludes halogenated alkanes) is 1. The molecule has 1 aliphatic heterocycles. The molecule has 2 amide bonds. The van der Waals surface area contributed by atoms with E-state index >= 15 is 0 Å². The Kier molecular flexibility index (Phi) is 6.18. The lowest BCUT2D eigenvalue weighted by atomic mass is 9.92. The van der Waals surface area contributed by atoms with Crippen molar-refractivity contribution in [2.45, 2.75) is 37.3 Å². The van der Waals surface area contributed by atoms with E-state index in [2.05, 4.69) is 27.5 Å². The SMILES string of the molecule is CCCCSc1nc2c(c(=O)[nH]1)[C@H](C(=O)Nc1cccc(Cl)c1)CC(=O)N2. The van der Waals surface area contributed by atoms with Crippen molar-refractivity contribution >= 4 is 46.7 Å². The van der Waals surface area contributed by atoms with Crippen molar-refractivity contribution in [3.05, 3.63) is 45.2 Å². The quantitative estimate of drug-likeness (QED) is 0.387. The van der Waals surface area contributed by atoms with E-state index in [-0.39, 0.29) is 23.7 Å². The zero-order valence-corrected chi connectivity index (χ0v) is 16.2. The number of hydrogen-bond donors (Lipinski definition) is 3. The lowest BCUT2D eigenvalue weighted by Crippen LogP contribution is -2.36. The number of H-pyrrole nitrogens is 1. The molecule has 0 bridgehead atoms. The topological polar surface area (TPSA) is 104 Å². The number of amides is 2. The molecule has 1 aromatic heterocycles. The van der Waals surface area contributed by atoms with Crippen molar-refractivity contribution in [2.24, 2.45) is 0 Å². The van der Waals surface area contributed by atoms with Crippen LogP contribution in [-0.4, -0.2) is 27.5 Å². The lowest BCUT2D eigenvalue weighted by molar-refractivity contribution is -0.123. The van der Waals surface area contributed by atoms with Crippen LogP contribution in [0.5, 0.6) is 0 Å². The largest absolute Gasteiger partial charge is 0.325 e. The van der Waals surface area contributed by atoms with E-state index in [0.29, 0.717) is 15.9 Å². The number of carbonyl (C=O) groups excluding carboxylic acids is 2. The fourth-order valence-electron chi connectivity index (χ4n) is 2.75. The Hall–Kier alpha value is -2.32. The van der Waals surface area contributed by atoms with E-state index in [0.717, 1.165) is 18.6 Å². The Morgan fingerprint density at radius 3 is 2.96 bits per heavy atom. The summed E-state index contributed by atoms with van der Waals surface area (Å²) in [7, 11) is 0. The second-order valence-electron chi connectivity index (χ2n) is 6.14. The third-order valence-corrected chi connectivity index (χ3v) is 5.27. The first kappa shape index (κ1) is 19.4. The molecule has 3 N–H and O–H groups in total. The van der Waals surface area contributed by atoms with Gasteiger partial charge in [-0.3, -0.25) is 14.4 Å². The molecule has 1 atom stereocenters. The van der Waals surface area contributed by atoms with Gasteiger partial charge in [-0.15, -0.1) is 0 Å². The van der Waals surface area contributed by atoms with Crippen molar-refractivity contribution in [1.82, 2.24) is 9.97 Å². The fraction of sp³-hybridized carbons (Fsp3) is 0.333. The second-order valence-corrected chi connectivity index (χ2v) is 7.66. The summed E-state index contributed by atoms with van der Waals surface area (Å²) in [6, 6.07) is 6.67. The molecule has 2 aromatic rings. The highest BCUT2D eigenvalue weighted by molar-refractivity contribution is 7.99. The van der Waals surface area contributed by atoms with Gasteiger partial charge in [0.05, 0.1) is 11.5 Å². The molecule has 3 rings (SSSR count). The van der Waals surface area contributed by atoms with E-state index < -0.39 is 17.4 Å². The molecular formula is C18H19ClN4O3S. The Labute approximate surface area is 165 Å². The van der Waals surface area contributed by atoms with Gasteiger partial charge in [0.15, 0.2) is 5.16 Å². The van der Waals surface area contributed by atoms with Crippen LogP contribution in [0.2, 0.25) is 5.02 Å². The number of anilines is 2. The number of nitrogens with one attached hydrogen (secondary N) is 3. The minimum Gasteiger partial charge on any atom is -0.325 e. The van der Waals surface area contributed by atoms with Crippen molar-refractivity contribution in [2.75, 3.05) is 16.4 Å². The molecular weight excluding hydrogens is 388 g/mol. The van der Waals surface area contributed by atoms with Gasteiger partial charge in [0.2, 0.25) is 11.8 Å². The summed E-state index contributed by atoms with van der Waals surface area (Å²) in [6.45, 7) is 2.08. The second kappa shape index (κ2) is 8.58. The minimum atomic E-state index is -0.918. The van der Waals surface area contributed by atoms with Gasteiger partial charge in [-0.05, 0) is 24.6 Å². The fourth-order valence-corrected chi connectivity index (χ4v) is 3.89. The molecule has 1 aromatic carbocycles. The number of thioether (sulfide) groups is 1. The average molecular weight is 407 g/mol. The monoisotopic (exact) mass is 406 g/mol. The maximum absolute atomic E-state index is 12.7. The summed E-state index contributed by atoms with van der Waals surface area (Å²) in [5.74, 6) is -0.757. The first-order chi connectivity index (χ1) is 13.0. The number of benzene rings is 1. The van der Waals surface area contributed by atoms with Gasteiger partial charge in [-0.25, -0.2) is 4.98 Å². The van der Waals surface area contributed by atoms with Crippen LogP contribution in [0.25, 0.3) is 0 Å². The highest BCUT2D eigenvalue weighted by Crippen LogP contribution is 2.30. The van der Waals surface area contributed by atoms with Gasteiger partial charge >= 0.3 is 0 Å². The van der Waals surface area contributed by atoms with Gasteiger partial charge in [-0.2, -0.15) is 0 Å². The van der Waals surface area contributed by atoms with Crippen LogP contribution in [0.4, 0.5) is 11.5 Å². The molecule has 0 unspecified atom stereocenters. The van der Waals surface area contributed by atoms with E-state index in [9.17, 15) is 14.4 Å². The standard InChI is InChI=1S/C18H19ClN4O3S/c1-2-3-7-27-18-22-15-14(17(26)23-18)12(9-13(24)21-15)16(25)20-11-6-4-5-10(19)8-11/h4-6,8,12H,2-3,7,9H2,1H3,(H,20,25)(H2,21,22,23,24,26)/t12-/m1/s1. The third kappa shape index (κ3) is 4.70. The first-order valence-corrected chi connectivity index (χ1v) is 9.97. The average Bonchev–Trinajstić information content (AvgIpc) is 2.61. The molecule has 0 aliphatic carbocycles. The molecule has 27 heavy (non-hydrogen) atoms. The zero-order valence-electron chi connectivity index (χ0n) is 14.7. The highest BCUT2D eigenvalue weighted by atomic mass is 35.5. The predicted molar refractivity (Wildman–Crippen MR) is 107 cm³/mol. The van der Waals surface area contributed by atoms with Crippen LogP contribution < -0.4 is 16.2 Å². The summed E-state index contributed by atoms with van der Waals surface area (Å²) in [6.07, 6.45) is 1.90. The number of nitrogens with zero attached hydrogens (tertiary/aromatic N) is 1. The molecule has 0 saturated heterocycles. The van der Waals surface area contributed by atoms with Crippen molar-refractivity contribution in [3.8, 4) is 0 Å². The molecule has 0 saturated carbocycles. The molecule has 1 aliphatic rings. The maximum atomic E-state index is 12.7. The summed E-state index contributed by atoms with van der Waals surface area (Å²) >= 11 is 7.34. The van der Waals surface area contributed by atoms with Crippen LogP contribution in [0.15, 0.2) is 34.2 Å². The number of carbonyl (C=O) groups is 2. The van der Waals surface area contributed by atoms with Crippen LogP contribution >= 0.6 is 23.4 Å².